The van der Waals surface area contributed by atoms with E-state index in [0.717, 1.165) is 22.0 Å². The number of hydrogen-bond acceptors (Lipinski definition) is 7. The Morgan fingerprint density at radius 1 is 1.20 bits per heavy atom. The number of esters is 1. The van der Waals surface area contributed by atoms with Crippen molar-refractivity contribution in [3.63, 3.8) is 0 Å². The van der Waals surface area contributed by atoms with Crippen LogP contribution in [0.5, 0.6) is 5.75 Å². The van der Waals surface area contributed by atoms with Crippen molar-refractivity contribution in [3.8, 4) is 17.1 Å². The Balaban J connectivity index is 1.67. The third kappa shape index (κ3) is 5.33. The number of aryl methyl sites for hydroxylation is 1. The minimum atomic E-state index is -0.841. The van der Waals surface area contributed by atoms with Gasteiger partial charge in [0, 0.05) is 26.7 Å². The van der Waals surface area contributed by atoms with E-state index in [1.54, 1.807) is 31.2 Å². The van der Waals surface area contributed by atoms with E-state index in [4.69, 9.17) is 25.5 Å². The first-order chi connectivity index (χ1) is 19.2. The molecule has 0 bridgehead atoms. The highest BCUT2D eigenvalue weighted by molar-refractivity contribution is 9.10. The lowest BCUT2D eigenvalue weighted by Gasteiger charge is -2.26. The van der Waals surface area contributed by atoms with Gasteiger partial charge in [0.25, 0.3) is 5.56 Å². The van der Waals surface area contributed by atoms with E-state index in [1.165, 1.54) is 23.0 Å². The normalized spacial score (nSPS) is 15.2. The number of carbonyl (C=O) groups is 1. The molecule has 0 saturated carbocycles. The Kier molecular flexibility index (Phi) is 8.16. The molecule has 206 valence electrons. The number of nitrogens with zero attached hydrogens (tertiary/aromatic N) is 2. The first kappa shape index (κ1) is 28.1. The lowest BCUT2D eigenvalue weighted by atomic mass is 9.95. The zero-order valence-electron chi connectivity index (χ0n) is 22.3. The summed E-state index contributed by atoms with van der Waals surface area (Å²) in [7, 11) is 1.30. The number of methoxy groups -OCH3 is 1. The van der Waals surface area contributed by atoms with Gasteiger partial charge in [-0.25, -0.2) is 9.79 Å². The molecule has 0 unspecified atom stereocenters. The molecule has 0 amide bonds. The van der Waals surface area contributed by atoms with Crippen LogP contribution in [0.3, 0.4) is 0 Å². The second-order valence-corrected chi connectivity index (χ2v) is 11.6. The molecule has 0 radical (unpaired) electrons. The molecule has 0 aliphatic carbocycles. The van der Waals surface area contributed by atoms with Crippen molar-refractivity contribution in [1.82, 2.24) is 4.57 Å². The largest absolute Gasteiger partial charge is 0.493 e. The van der Waals surface area contributed by atoms with E-state index in [1.807, 2.05) is 44.2 Å². The van der Waals surface area contributed by atoms with Crippen LogP contribution in [-0.4, -0.2) is 24.3 Å². The summed E-state index contributed by atoms with van der Waals surface area (Å²) >= 11 is 11.2. The number of ether oxygens (including phenoxy) is 2. The predicted octanol–water partition coefficient (Wildman–Crippen LogP) is 6.18. The van der Waals surface area contributed by atoms with Crippen LogP contribution in [0.1, 0.15) is 43.2 Å². The molecule has 40 heavy (non-hydrogen) atoms. The van der Waals surface area contributed by atoms with Gasteiger partial charge in [0.1, 0.15) is 23.3 Å². The summed E-state index contributed by atoms with van der Waals surface area (Å²) in [6.07, 6.45) is 2.48. The van der Waals surface area contributed by atoms with Gasteiger partial charge in [-0.3, -0.25) is 9.36 Å². The smallest absolute Gasteiger partial charge is 0.338 e. The summed E-state index contributed by atoms with van der Waals surface area (Å²) in [5.74, 6) is 1.13. The maximum atomic E-state index is 13.9. The van der Waals surface area contributed by atoms with Crippen LogP contribution in [0.2, 0.25) is 5.02 Å². The Hall–Kier alpha value is -3.40. The number of aromatic nitrogens is 1. The minimum Gasteiger partial charge on any atom is -0.493 e. The third-order valence-corrected chi connectivity index (χ3v) is 8.32. The highest BCUT2D eigenvalue weighted by Crippen LogP contribution is 2.37. The Morgan fingerprint density at radius 3 is 2.73 bits per heavy atom. The van der Waals surface area contributed by atoms with Crippen LogP contribution in [0.15, 0.2) is 78.5 Å². The number of halogens is 2. The van der Waals surface area contributed by atoms with Crippen molar-refractivity contribution in [2.45, 2.75) is 33.2 Å². The maximum Gasteiger partial charge on any atom is 0.338 e. The second-order valence-electron chi connectivity index (χ2n) is 9.29. The van der Waals surface area contributed by atoms with E-state index >= 15 is 0 Å². The van der Waals surface area contributed by atoms with Crippen molar-refractivity contribution in [2.75, 3.05) is 13.7 Å². The van der Waals surface area contributed by atoms with E-state index in [9.17, 15) is 9.59 Å². The van der Waals surface area contributed by atoms with Gasteiger partial charge in [-0.15, -0.1) is 0 Å². The average Bonchev–Trinajstić information content (AvgIpc) is 3.50. The van der Waals surface area contributed by atoms with Gasteiger partial charge < -0.3 is 13.9 Å². The third-order valence-electron chi connectivity index (χ3n) is 6.45. The molecular formula is C30H26BrClN2O5S. The van der Waals surface area contributed by atoms with Crippen LogP contribution < -0.4 is 19.6 Å². The molecule has 1 aliphatic heterocycles. The highest BCUT2D eigenvalue weighted by Gasteiger charge is 2.35. The first-order valence-corrected chi connectivity index (χ1v) is 14.6. The summed E-state index contributed by atoms with van der Waals surface area (Å²) in [5.41, 5.74) is 2.99. The van der Waals surface area contributed by atoms with Crippen molar-refractivity contribution < 1.29 is 18.7 Å². The molecule has 5 rings (SSSR count). The van der Waals surface area contributed by atoms with Gasteiger partial charge in [0.2, 0.25) is 0 Å². The van der Waals surface area contributed by atoms with Gasteiger partial charge in [0.05, 0.1) is 29.5 Å². The van der Waals surface area contributed by atoms with Gasteiger partial charge >= 0.3 is 5.97 Å². The molecule has 0 saturated heterocycles. The number of carbonyl (C=O) groups excluding carboxylic acids is 1. The van der Waals surface area contributed by atoms with Crippen molar-refractivity contribution >= 4 is 50.9 Å². The molecule has 0 spiro atoms. The predicted molar refractivity (Wildman–Crippen MR) is 160 cm³/mol. The fourth-order valence-electron chi connectivity index (χ4n) is 4.59. The molecular weight excluding hydrogens is 616 g/mol. The van der Waals surface area contributed by atoms with Crippen LogP contribution in [0.25, 0.3) is 17.4 Å². The van der Waals surface area contributed by atoms with Crippen molar-refractivity contribution in [3.05, 3.63) is 106 Å². The summed E-state index contributed by atoms with van der Waals surface area (Å²) in [6.45, 7) is 6.21. The first-order valence-electron chi connectivity index (χ1n) is 12.6. The Labute approximate surface area is 248 Å². The zero-order chi connectivity index (χ0) is 28.6. The quantitative estimate of drug-likeness (QED) is 0.225. The summed E-state index contributed by atoms with van der Waals surface area (Å²) in [5, 5.41) is 0.449. The van der Waals surface area contributed by atoms with Gasteiger partial charge in [-0.1, -0.05) is 51.9 Å². The fourth-order valence-corrected chi connectivity index (χ4v) is 6.48. The zero-order valence-corrected chi connectivity index (χ0v) is 25.4. The highest BCUT2D eigenvalue weighted by atomic mass is 79.9. The molecule has 2 aromatic heterocycles. The van der Waals surface area contributed by atoms with E-state index < -0.39 is 12.0 Å². The lowest BCUT2D eigenvalue weighted by molar-refractivity contribution is -0.136. The number of allylic oxidation sites excluding steroid dienone is 1. The van der Waals surface area contributed by atoms with Crippen molar-refractivity contribution in [1.29, 1.82) is 0 Å². The molecule has 4 aromatic rings. The number of rotatable bonds is 7. The molecule has 0 N–H and O–H groups in total. The number of thiazole rings is 1. The van der Waals surface area contributed by atoms with Crippen LogP contribution in [-0.2, 0) is 9.53 Å². The summed E-state index contributed by atoms with van der Waals surface area (Å²) < 4.78 is 20.0. The van der Waals surface area contributed by atoms with Gasteiger partial charge in [-0.05, 0) is 68.3 Å². The molecule has 2 aromatic carbocycles. The van der Waals surface area contributed by atoms with Gasteiger partial charge in [0.15, 0.2) is 4.80 Å². The minimum absolute atomic E-state index is 0.245. The fraction of sp³-hybridized carbons (Fsp3) is 0.233. The number of furan rings is 1. The number of hydrogen-bond donors (Lipinski definition) is 0. The van der Waals surface area contributed by atoms with Crippen molar-refractivity contribution in [2.24, 2.45) is 4.99 Å². The monoisotopic (exact) mass is 640 g/mol. The molecule has 1 aliphatic rings. The van der Waals surface area contributed by atoms with E-state index in [0.29, 0.717) is 49.5 Å². The topological polar surface area (TPSA) is 83.0 Å². The van der Waals surface area contributed by atoms with Crippen LogP contribution in [0, 0.1) is 6.92 Å². The summed E-state index contributed by atoms with van der Waals surface area (Å²) in [4.78, 5) is 32.0. The van der Waals surface area contributed by atoms with E-state index in [2.05, 4.69) is 20.9 Å². The SMILES string of the molecule is CCCOc1ccc(Cl)cc1[C@@H]1C(C(=O)OC)=C(C)N=c2s/c(=C/c3ccc(-c4ccc(C)cc4Br)o3)c(=O)n21. The molecule has 0 fully saturated rings. The molecule has 3 heterocycles. The second kappa shape index (κ2) is 11.6. The van der Waals surface area contributed by atoms with Crippen LogP contribution >= 0.6 is 38.9 Å². The standard InChI is InChI=1S/C30H26BrClN2O5S/c1-5-12-38-23-10-7-18(32)14-21(23)27-26(29(36)37-4)17(3)33-30-34(27)28(35)25(40-30)15-19-8-11-24(39-19)20-9-6-16(2)13-22(20)31/h6-11,13-15,27H,5,12H2,1-4H3/b25-15+/t27-/m1/s1. The molecule has 10 heteroatoms. The summed E-state index contributed by atoms with van der Waals surface area (Å²) in [6, 6.07) is 14.0. The Bertz CT molecular complexity index is 1830. The molecule has 7 nitrogen and oxygen atoms in total. The molecule has 1 atom stereocenters. The van der Waals surface area contributed by atoms with E-state index in [-0.39, 0.29) is 11.1 Å². The average molecular weight is 642 g/mol. The maximum absolute atomic E-state index is 13.9. The van der Waals surface area contributed by atoms with Crippen LogP contribution in [0.4, 0.5) is 0 Å². The number of fused-ring (bicyclic) bond motifs is 1. The Morgan fingerprint density at radius 2 is 2.00 bits per heavy atom. The van der Waals surface area contributed by atoms with Gasteiger partial charge in [-0.2, -0.15) is 0 Å². The lowest BCUT2D eigenvalue weighted by Crippen LogP contribution is -2.40. The number of benzene rings is 2.